The lowest BCUT2D eigenvalue weighted by molar-refractivity contribution is 0.228. The maximum absolute atomic E-state index is 12.1. The van der Waals surface area contributed by atoms with E-state index in [1.165, 1.54) is 0 Å². The molecule has 0 saturated heterocycles. The van der Waals surface area contributed by atoms with Gasteiger partial charge in [-0.1, -0.05) is 12.8 Å². The smallest absolute Gasteiger partial charge is 0.206 e. The molecule has 0 aliphatic heterocycles. The van der Waals surface area contributed by atoms with Crippen molar-refractivity contribution in [3.8, 4) is 0 Å². The highest BCUT2D eigenvalue weighted by Gasteiger charge is 2.39. The Labute approximate surface area is 86.9 Å². The van der Waals surface area contributed by atoms with E-state index in [9.17, 15) is 17.2 Å². The molecule has 0 radical (unpaired) electrons. The van der Waals surface area contributed by atoms with E-state index in [0.29, 0.717) is 12.8 Å². The van der Waals surface area contributed by atoms with Crippen molar-refractivity contribution in [1.29, 1.82) is 0 Å². The number of rotatable bonds is 4. The van der Waals surface area contributed by atoms with Crippen molar-refractivity contribution < 1.29 is 17.2 Å². The van der Waals surface area contributed by atoms with E-state index < -0.39 is 21.3 Å². The molecule has 0 aromatic rings. The molecule has 0 bridgehead atoms. The third kappa shape index (κ3) is 2.55. The van der Waals surface area contributed by atoms with E-state index in [2.05, 4.69) is 0 Å². The molecule has 0 aromatic carbocycles. The topological polar surface area (TPSA) is 46.2 Å². The van der Waals surface area contributed by atoms with Crippen LogP contribution in [-0.4, -0.2) is 25.6 Å². The second kappa shape index (κ2) is 4.28. The molecule has 0 amide bonds. The maximum Gasteiger partial charge on any atom is 0.350 e. The summed E-state index contributed by atoms with van der Waals surface area (Å²) in [7, 11) is -4.52. The van der Waals surface area contributed by atoms with Gasteiger partial charge in [0.25, 0.3) is 10.0 Å². The van der Waals surface area contributed by atoms with E-state index in [4.69, 9.17) is 11.6 Å². The van der Waals surface area contributed by atoms with Gasteiger partial charge in [-0.3, -0.25) is 0 Å². The van der Waals surface area contributed by atoms with Crippen LogP contribution in [0.5, 0.6) is 0 Å². The van der Waals surface area contributed by atoms with Gasteiger partial charge in [0.15, 0.2) is 0 Å². The molecule has 84 valence electrons. The molecule has 3 nitrogen and oxygen atoms in total. The maximum atomic E-state index is 12.1. The average molecular weight is 248 g/mol. The summed E-state index contributed by atoms with van der Waals surface area (Å²) in [4.78, 5) is 0. The Hall–Kier alpha value is 0.0600. The van der Waals surface area contributed by atoms with Gasteiger partial charge in [0.2, 0.25) is 0 Å². The van der Waals surface area contributed by atoms with Crippen LogP contribution in [0.3, 0.4) is 0 Å². The molecular weight excluding hydrogens is 236 g/mol. The Morgan fingerprint density at radius 2 is 1.86 bits per heavy atom. The van der Waals surface area contributed by atoms with Crippen molar-refractivity contribution in [2.24, 2.45) is 0 Å². The van der Waals surface area contributed by atoms with Crippen molar-refractivity contribution in [3.63, 3.8) is 0 Å². The summed E-state index contributed by atoms with van der Waals surface area (Å²) in [5.74, 6) is -3.35. The summed E-state index contributed by atoms with van der Waals surface area (Å²) in [5, 5.41) is 0. The number of hydrogen-bond donors (Lipinski definition) is 1. The summed E-state index contributed by atoms with van der Waals surface area (Å²) in [6, 6.07) is 0. The minimum atomic E-state index is -4.52. The molecule has 1 saturated carbocycles. The first kappa shape index (κ1) is 12.1. The van der Waals surface area contributed by atoms with E-state index in [-0.39, 0.29) is 5.88 Å². The monoisotopic (exact) mass is 247 g/mol. The average Bonchev–Trinajstić information content (AvgIpc) is 2.53. The lowest BCUT2D eigenvalue weighted by atomic mass is 10.0. The van der Waals surface area contributed by atoms with Crippen molar-refractivity contribution in [2.75, 3.05) is 5.88 Å². The van der Waals surface area contributed by atoms with Crippen LogP contribution in [0.2, 0.25) is 0 Å². The fourth-order valence-electron chi connectivity index (χ4n) is 1.66. The Bertz CT molecular complexity index is 288. The Morgan fingerprint density at radius 3 is 2.21 bits per heavy atom. The van der Waals surface area contributed by atoms with E-state index >= 15 is 0 Å². The van der Waals surface area contributed by atoms with Gasteiger partial charge in [-0.2, -0.15) is 8.78 Å². The van der Waals surface area contributed by atoms with Crippen LogP contribution in [0.4, 0.5) is 8.78 Å². The molecule has 0 atom stereocenters. The molecular formula is C7H12ClF2NO2S. The van der Waals surface area contributed by atoms with E-state index in [1.54, 1.807) is 0 Å². The zero-order valence-electron chi connectivity index (χ0n) is 7.47. The standard InChI is InChI=1S/C7H12ClF2NO2S/c8-5-7(3-1-2-4-7)11-14(12,13)6(9)10/h6,11H,1-5H2. The Morgan fingerprint density at radius 1 is 1.36 bits per heavy atom. The molecule has 0 spiro atoms. The van der Waals surface area contributed by atoms with Gasteiger partial charge in [0.05, 0.1) is 0 Å². The molecule has 14 heavy (non-hydrogen) atoms. The van der Waals surface area contributed by atoms with Crippen LogP contribution in [0.15, 0.2) is 0 Å². The first-order chi connectivity index (χ1) is 6.42. The quantitative estimate of drug-likeness (QED) is 0.769. The number of nitrogens with one attached hydrogen (secondary N) is 1. The predicted molar refractivity (Wildman–Crippen MR) is 50.0 cm³/mol. The van der Waals surface area contributed by atoms with Crippen molar-refractivity contribution in [3.05, 3.63) is 0 Å². The Balaban J connectivity index is 2.75. The largest absolute Gasteiger partial charge is 0.350 e. The number of alkyl halides is 3. The first-order valence-corrected chi connectivity index (χ1v) is 6.37. The van der Waals surface area contributed by atoms with Gasteiger partial charge in [0.1, 0.15) is 0 Å². The summed E-state index contributed by atoms with van der Waals surface area (Å²) < 4.78 is 48.0. The molecule has 0 aromatic heterocycles. The molecule has 7 heteroatoms. The summed E-state index contributed by atoms with van der Waals surface area (Å²) in [6.07, 6.45) is 2.70. The van der Waals surface area contributed by atoms with Gasteiger partial charge in [-0.25, -0.2) is 13.1 Å². The van der Waals surface area contributed by atoms with E-state index in [1.807, 2.05) is 4.72 Å². The second-order valence-corrected chi connectivity index (χ2v) is 5.45. The lowest BCUT2D eigenvalue weighted by Crippen LogP contribution is -2.49. The van der Waals surface area contributed by atoms with Gasteiger partial charge in [-0.05, 0) is 12.8 Å². The lowest BCUT2D eigenvalue weighted by Gasteiger charge is -2.26. The molecule has 1 fully saturated rings. The SMILES string of the molecule is O=S(=O)(NC1(CCl)CCCC1)C(F)F. The van der Waals surface area contributed by atoms with Crippen LogP contribution in [0, 0.1) is 0 Å². The number of hydrogen-bond acceptors (Lipinski definition) is 2. The fraction of sp³-hybridized carbons (Fsp3) is 1.00. The molecule has 1 N–H and O–H groups in total. The van der Waals surface area contributed by atoms with Gasteiger partial charge < -0.3 is 0 Å². The summed E-state index contributed by atoms with van der Waals surface area (Å²) in [5.41, 5.74) is -0.850. The second-order valence-electron chi connectivity index (χ2n) is 3.53. The highest BCUT2D eigenvalue weighted by Crippen LogP contribution is 2.31. The minimum Gasteiger partial charge on any atom is -0.206 e. The van der Waals surface area contributed by atoms with Gasteiger partial charge in [-0.15, -0.1) is 11.6 Å². The molecule has 0 unspecified atom stereocenters. The van der Waals surface area contributed by atoms with Crippen LogP contribution < -0.4 is 4.72 Å². The first-order valence-electron chi connectivity index (χ1n) is 4.29. The highest BCUT2D eigenvalue weighted by atomic mass is 35.5. The third-order valence-corrected chi connectivity index (χ3v) is 4.11. The van der Waals surface area contributed by atoms with E-state index in [0.717, 1.165) is 12.8 Å². The number of halogens is 3. The normalized spacial score (nSPS) is 21.7. The molecule has 1 aliphatic carbocycles. The summed E-state index contributed by atoms with van der Waals surface area (Å²) in [6.45, 7) is 0. The van der Waals surface area contributed by atoms with Crippen LogP contribution in [-0.2, 0) is 10.0 Å². The zero-order chi connectivity index (χ0) is 10.8. The van der Waals surface area contributed by atoms with Gasteiger partial charge in [0, 0.05) is 11.4 Å². The van der Waals surface area contributed by atoms with Crippen LogP contribution in [0.1, 0.15) is 25.7 Å². The van der Waals surface area contributed by atoms with Crippen molar-refractivity contribution in [2.45, 2.75) is 37.0 Å². The predicted octanol–water partition coefficient (Wildman–Crippen LogP) is 1.68. The molecule has 0 heterocycles. The minimum absolute atomic E-state index is 0.0406. The Kier molecular flexibility index (Phi) is 3.71. The molecule has 1 aliphatic rings. The van der Waals surface area contributed by atoms with Gasteiger partial charge >= 0.3 is 5.76 Å². The van der Waals surface area contributed by atoms with Crippen molar-refractivity contribution in [1.82, 2.24) is 4.72 Å². The summed E-state index contributed by atoms with van der Waals surface area (Å²) >= 11 is 5.60. The zero-order valence-corrected chi connectivity index (χ0v) is 9.04. The van der Waals surface area contributed by atoms with Crippen LogP contribution >= 0.6 is 11.6 Å². The molecule has 1 rings (SSSR count). The van der Waals surface area contributed by atoms with Crippen molar-refractivity contribution >= 4 is 21.6 Å². The number of sulfonamides is 1. The fourth-order valence-corrected chi connectivity index (χ4v) is 3.04. The van der Waals surface area contributed by atoms with Crippen LogP contribution in [0.25, 0.3) is 0 Å². The highest BCUT2D eigenvalue weighted by molar-refractivity contribution is 7.89. The third-order valence-electron chi connectivity index (χ3n) is 2.41.